The van der Waals surface area contributed by atoms with Crippen molar-refractivity contribution in [1.82, 2.24) is 0 Å². The fourth-order valence-electron chi connectivity index (χ4n) is 1.36. The highest BCUT2D eigenvalue weighted by molar-refractivity contribution is 5.28. The van der Waals surface area contributed by atoms with Crippen molar-refractivity contribution in [1.29, 1.82) is 0 Å². The summed E-state index contributed by atoms with van der Waals surface area (Å²) in [6, 6.07) is 8.39. The normalized spacial score (nSPS) is 14.9. The molecule has 0 aliphatic rings. The maximum atomic E-state index is 5.82. The molecule has 1 aromatic rings. The Hall–Kier alpha value is -1.02. The van der Waals surface area contributed by atoms with Crippen molar-refractivity contribution >= 4 is 0 Å². The Morgan fingerprint density at radius 1 is 1.36 bits per heavy atom. The van der Waals surface area contributed by atoms with E-state index in [4.69, 9.17) is 10.5 Å². The summed E-state index contributed by atoms with van der Waals surface area (Å²) < 4.78 is 5.17. The minimum Gasteiger partial charge on any atom is -0.497 e. The Labute approximate surface area is 86.1 Å². The van der Waals surface area contributed by atoms with E-state index in [0.717, 1.165) is 12.2 Å². The van der Waals surface area contributed by atoms with Crippen molar-refractivity contribution < 1.29 is 4.74 Å². The third-order valence-corrected chi connectivity index (χ3v) is 2.59. The number of nitrogens with two attached hydrogens (primary N) is 1. The Morgan fingerprint density at radius 3 is 2.64 bits per heavy atom. The third kappa shape index (κ3) is 3.04. The highest BCUT2D eigenvalue weighted by Crippen LogP contribution is 2.16. The van der Waals surface area contributed by atoms with E-state index in [2.05, 4.69) is 19.1 Å². The maximum Gasteiger partial charge on any atom is 0.119 e. The van der Waals surface area contributed by atoms with Gasteiger partial charge < -0.3 is 10.5 Å². The van der Waals surface area contributed by atoms with Gasteiger partial charge in [-0.25, -0.2) is 0 Å². The molecule has 0 aromatic heterocycles. The van der Waals surface area contributed by atoms with Gasteiger partial charge in [0.25, 0.3) is 0 Å². The number of methoxy groups -OCH3 is 1. The number of ether oxygens (including phenoxy) is 1. The van der Waals surface area contributed by atoms with Crippen LogP contribution in [0, 0.1) is 5.92 Å². The second kappa shape index (κ2) is 5.01. The van der Waals surface area contributed by atoms with Crippen LogP contribution < -0.4 is 10.5 Å². The SMILES string of the molecule is COc1cccc(CC(C)C(C)N)c1. The smallest absolute Gasteiger partial charge is 0.119 e. The molecule has 2 nitrogen and oxygen atoms in total. The summed E-state index contributed by atoms with van der Waals surface area (Å²) in [6.07, 6.45) is 1.01. The molecule has 0 saturated carbocycles. The predicted molar refractivity (Wildman–Crippen MR) is 59.5 cm³/mol. The summed E-state index contributed by atoms with van der Waals surface area (Å²) in [5.74, 6) is 1.42. The predicted octanol–water partition coefficient (Wildman–Crippen LogP) is 2.22. The molecule has 0 fully saturated rings. The van der Waals surface area contributed by atoms with E-state index in [-0.39, 0.29) is 6.04 Å². The fraction of sp³-hybridized carbons (Fsp3) is 0.500. The van der Waals surface area contributed by atoms with Crippen LogP contribution in [-0.4, -0.2) is 13.2 Å². The van der Waals surface area contributed by atoms with Crippen LogP contribution in [-0.2, 0) is 6.42 Å². The lowest BCUT2D eigenvalue weighted by Gasteiger charge is -2.15. The van der Waals surface area contributed by atoms with E-state index in [1.165, 1.54) is 5.56 Å². The van der Waals surface area contributed by atoms with Crippen LogP contribution in [0.15, 0.2) is 24.3 Å². The standard InChI is InChI=1S/C12H19NO/c1-9(10(2)13)7-11-5-4-6-12(8-11)14-3/h4-6,8-10H,7,13H2,1-3H3. The number of hydrogen-bond acceptors (Lipinski definition) is 2. The molecule has 0 spiro atoms. The van der Waals surface area contributed by atoms with Gasteiger partial charge in [0.1, 0.15) is 5.75 Å². The number of hydrogen-bond donors (Lipinski definition) is 1. The summed E-state index contributed by atoms with van der Waals surface area (Å²) in [5.41, 5.74) is 7.11. The first-order valence-corrected chi connectivity index (χ1v) is 5.02. The van der Waals surface area contributed by atoms with E-state index in [0.29, 0.717) is 5.92 Å². The largest absolute Gasteiger partial charge is 0.497 e. The molecular formula is C12H19NO. The molecule has 0 bridgehead atoms. The van der Waals surface area contributed by atoms with Crippen LogP contribution in [0.25, 0.3) is 0 Å². The average molecular weight is 193 g/mol. The molecule has 0 saturated heterocycles. The Morgan fingerprint density at radius 2 is 2.07 bits per heavy atom. The average Bonchev–Trinajstić information content (AvgIpc) is 2.18. The summed E-state index contributed by atoms with van der Waals surface area (Å²) >= 11 is 0. The van der Waals surface area contributed by atoms with Gasteiger partial charge in [-0.1, -0.05) is 19.1 Å². The van der Waals surface area contributed by atoms with E-state index >= 15 is 0 Å². The highest BCUT2D eigenvalue weighted by Gasteiger charge is 2.08. The molecule has 0 radical (unpaired) electrons. The zero-order chi connectivity index (χ0) is 10.6. The summed E-state index contributed by atoms with van der Waals surface area (Å²) in [4.78, 5) is 0. The molecule has 0 aliphatic heterocycles. The quantitative estimate of drug-likeness (QED) is 0.795. The Bertz CT molecular complexity index is 283. The molecule has 0 heterocycles. The highest BCUT2D eigenvalue weighted by atomic mass is 16.5. The van der Waals surface area contributed by atoms with Gasteiger partial charge in [0.2, 0.25) is 0 Å². The molecular weight excluding hydrogens is 174 g/mol. The van der Waals surface area contributed by atoms with Crippen LogP contribution in [0.3, 0.4) is 0 Å². The van der Waals surface area contributed by atoms with Crippen molar-refractivity contribution in [3.05, 3.63) is 29.8 Å². The molecule has 0 amide bonds. The molecule has 78 valence electrons. The minimum absolute atomic E-state index is 0.237. The van der Waals surface area contributed by atoms with Crippen molar-refractivity contribution in [3.63, 3.8) is 0 Å². The second-order valence-corrected chi connectivity index (χ2v) is 3.89. The third-order valence-electron chi connectivity index (χ3n) is 2.59. The molecule has 1 rings (SSSR count). The van der Waals surface area contributed by atoms with Crippen LogP contribution >= 0.6 is 0 Å². The maximum absolute atomic E-state index is 5.82. The van der Waals surface area contributed by atoms with Gasteiger partial charge in [0.05, 0.1) is 7.11 Å². The van der Waals surface area contributed by atoms with E-state index < -0.39 is 0 Å². The van der Waals surface area contributed by atoms with Gasteiger partial charge in [-0.05, 0) is 37.0 Å². The van der Waals surface area contributed by atoms with Gasteiger partial charge in [0, 0.05) is 6.04 Å². The fourth-order valence-corrected chi connectivity index (χ4v) is 1.36. The van der Waals surface area contributed by atoms with Gasteiger partial charge in [-0.15, -0.1) is 0 Å². The number of benzene rings is 1. The summed E-state index contributed by atoms with van der Waals surface area (Å²) in [5, 5.41) is 0. The Kier molecular flexibility index (Phi) is 3.96. The van der Waals surface area contributed by atoms with Gasteiger partial charge in [-0.3, -0.25) is 0 Å². The first-order valence-electron chi connectivity index (χ1n) is 5.02. The summed E-state index contributed by atoms with van der Waals surface area (Å²) in [7, 11) is 1.69. The topological polar surface area (TPSA) is 35.2 Å². The van der Waals surface area contributed by atoms with Gasteiger partial charge >= 0.3 is 0 Å². The van der Waals surface area contributed by atoms with Gasteiger partial charge in [-0.2, -0.15) is 0 Å². The van der Waals surface area contributed by atoms with Crippen LogP contribution in [0.2, 0.25) is 0 Å². The van der Waals surface area contributed by atoms with Crippen molar-refractivity contribution in [2.75, 3.05) is 7.11 Å². The van der Waals surface area contributed by atoms with Crippen LogP contribution in [0.1, 0.15) is 19.4 Å². The first kappa shape index (κ1) is 11.1. The zero-order valence-corrected chi connectivity index (χ0v) is 9.16. The molecule has 2 unspecified atom stereocenters. The molecule has 2 heteroatoms. The minimum atomic E-state index is 0.237. The molecule has 2 atom stereocenters. The monoisotopic (exact) mass is 193 g/mol. The Balaban J connectivity index is 2.66. The van der Waals surface area contributed by atoms with Crippen molar-refractivity contribution in [3.8, 4) is 5.75 Å². The lowest BCUT2D eigenvalue weighted by Crippen LogP contribution is -2.25. The van der Waals surface area contributed by atoms with E-state index in [1.807, 2.05) is 19.1 Å². The molecule has 2 N–H and O–H groups in total. The number of rotatable bonds is 4. The lowest BCUT2D eigenvalue weighted by molar-refractivity contribution is 0.413. The first-order chi connectivity index (χ1) is 6.63. The zero-order valence-electron chi connectivity index (χ0n) is 9.16. The van der Waals surface area contributed by atoms with E-state index in [1.54, 1.807) is 7.11 Å². The molecule has 0 aliphatic carbocycles. The second-order valence-electron chi connectivity index (χ2n) is 3.89. The molecule has 1 aromatic carbocycles. The van der Waals surface area contributed by atoms with Crippen molar-refractivity contribution in [2.45, 2.75) is 26.3 Å². The van der Waals surface area contributed by atoms with Gasteiger partial charge in [0.15, 0.2) is 0 Å². The lowest BCUT2D eigenvalue weighted by atomic mass is 9.95. The van der Waals surface area contributed by atoms with Crippen molar-refractivity contribution in [2.24, 2.45) is 11.7 Å². The van der Waals surface area contributed by atoms with Crippen LogP contribution in [0.5, 0.6) is 5.75 Å². The van der Waals surface area contributed by atoms with E-state index in [9.17, 15) is 0 Å². The summed E-state index contributed by atoms with van der Waals surface area (Å²) in [6.45, 7) is 4.22. The van der Waals surface area contributed by atoms with Crippen LogP contribution in [0.4, 0.5) is 0 Å². The molecule has 14 heavy (non-hydrogen) atoms.